The van der Waals surface area contributed by atoms with Gasteiger partial charge in [-0.3, -0.25) is 4.79 Å². The zero-order valence-corrected chi connectivity index (χ0v) is 16.4. The fourth-order valence-electron chi connectivity index (χ4n) is 2.73. The second-order valence-corrected chi connectivity index (χ2v) is 7.49. The Balaban J connectivity index is 1.90. The molecule has 2 atom stereocenters. The van der Waals surface area contributed by atoms with Crippen molar-refractivity contribution >= 4 is 11.9 Å². The molecule has 0 unspecified atom stereocenters. The Hall–Kier alpha value is -2.34. The van der Waals surface area contributed by atoms with Crippen LogP contribution in [0.3, 0.4) is 0 Å². The first-order valence-corrected chi connectivity index (χ1v) is 9.12. The average molecular weight is 376 g/mol. The minimum absolute atomic E-state index is 0.221. The van der Waals surface area contributed by atoms with Gasteiger partial charge >= 0.3 is 11.9 Å². The smallest absolute Gasteiger partial charge is 0.334 e. The molecule has 0 saturated carbocycles. The number of carbonyl (C=O) groups is 2. The van der Waals surface area contributed by atoms with E-state index in [1.165, 1.54) is 13.0 Å². The lowest BCUT2D eigenvalue weighted by Crippen LogP contribution is -2.34. The lowest BCUT2D eigenvalue weighted by Gasteiger charge is -2.23. The van der Waals surface area contributed by atoms with Gasteiger partial charge in [0.05, 0.1) is 19.3 Å². The van der Waals surface area contributed by atoms with E-state index < -0.39 is 23.6 Å². The van der Waals surface area contributed by atoms with Crippen LogP contribution in [0.15, 0.2) is 42.2 Å². The standard InChI is InChI=1S/C21H28O6/c1-15(22)25-19(14-24-13-16-8-6-5-7-9-16)18-11-10-17(26-18)12-20(23)27-21(2,3)4/h5-9,12,18-19H,10-11,13-14H2,1-4H3/b17-12-/t18-,19+/m1/s1. The minimum Gasteiger partial charge on any atom is -0.491 e. The van der Waals surface area contributed by atoms with Crippen LogP contribution in [0.4, 0.5) is 0 Å². The molecule has 1 aromatic rings. The van der Waals surface area contributed by atoms with Gasteiger partial charge in [0, 0.05) is 13.3 Å². The monoisotopic (exact) mass is 376 g/mol. The Morgan fingerprint density at radius 1 is 1.26 bits per heavy atom. The van der Waals surface area contributed by atoms with E-state index in [0.717, 1.165) is 5.56 Å². The van der Waals surface area contributed by atoms with Crippen LogP contribution in [-0.4, -0.2) is 36.4 Å². The summed E-state index contributed by atoms with van der Waals surface area (Å²) in [5.74, 6) is -0.298. The Bertz CT molecular complexity index is 659. The first kappa shape index (κ1) is 21.0. The van der Waals surface area contributed by atoms with Gasteiger partial charge in [-0.05, 0) is 32.8 Å². The molecule has 1 saturated heterocycles. The van der Waals surface area contributed by atoms with Crippen LogP contribution in [-0.2, 0) is 35.1 Å². The molecule has 0 aliphatic carbocycles. The third-order valence-corrected chi connectivity index (χ3v) is 3.79. The first-order valence-electron chi connectivity index (χ1n) is 9.12. The number of rotatable bonds is 7. The van der Waals surface area contributed by atoms with E-state index in [9.17, 15) is 9.59 Å². The van der Waals surface area contributed by atoms with Crippen molar-refractivity contribution in [2.75, 3.05) is 6.61 Å². The molecule has 1 aliphatic heterocycles. The maximum absolute atomic E-state index is 11.9. The van der Waals surface area contributed by atoms with Crippen molar-refractivity contribution in [3.05, 3.63) is 47.7 Å². The Kier molecular flexibility index (Phi) is 7.42. The average Bonchev–Trinajstić information content (AvgIpc) is 3.01. The SMILES string of the molecule is CC(=O)O[C@@H](COCc1ccccc1)[C@H]1CC/C(=C/C(=O)OC(C)(C)C)O1. The highest BCUT2D eigenvalue weighted by Gasteiger charge is 2.32. The second-order valence-electron chi connectivity index (χ2n) is 7.49. The first-order chi connectivity index (χ1) is 12.7. The molecular formula is C21H28O6. The molecule has 148 valence electrons. The lowest BCUT2D eigenvalue weighted by atomic mass is 10.1. The Morgan fingerprint density at radius 2 is 1.96 bits per heavy atom. The van der Waals surface area contributed by atoms with Crippen molar-refractivity contribution in [1.29, 1.82) is 0 Å². The molecule has 0 amide bonds. The molecule has 0 aromatic heterocycles. The van der Waals surface area contributed by atoms with Crippen molar-refractivity contribution in [1.82, 2.24) is 0 Å². The molecule has 6 nitrogen and oxygen atoms in total. The van der Waals surface area contributed by atoms with Crippen LogP contribution >= 0.6 is 0 Å². The van der Waals surface area contributed by atoms with E-state index in [1.54, 1.807) is 0 Å². The van der Waals surface area contributed by atoms with E-state index in [-0.39, 0.29) is 12.7 Å². The highest BCUT2D eigenvalue weighted by Crippen LogP contribution is 2.27. The third kappa shape index (κ3) is 7.83. The number of carbonyl (C=O) groups excluding carboxylic acids is 2. The van der Waals surface area contributed by atoms with Gasteiger partial charge in [-0.25, -0.2) is 4.79 Å². The van der Waals surface area contributed by atoms with Crippen molar-refractivity contribution in [2.24, 2.45) is 0 Å². The van der Waals surface area contributed by atoms with Crippen LogP contribution < -0.4 is 0 Å². The molecule has 1 aliphatic rings. The van der Waals surface area contributed by atoms with Crippen molar-refractivity contribution in [3.8, 4) is 0 Å². The Morgan fingerprint density at radius 3 is 2.59 bits per heavy atom. The molecular weight excluding hydrogens is 348 g/mol. The van der Waals surface area contributed by atoms with Gasteiger partial charge in [0.25, 0.3) is 0 Å². The quantitative estimate of drug-likeness (QED) is 0.535. The number of hydrogen-bond donors (Lipinski definition) is 0. The Labute approximate surface area is 160 Å². The number of allylic oxidation sites excluding steroid dienone is 1. The fraction of sp³-hybridized carbons (Fsp3) is 0.524. The molecule has 0 spiro atoms. The summed E-state index contributed by atoms with van der Waals surface area (Å²) in [7, 11) is 0. The molecule has 1 fully saturated rings. The maximum Gasteiger partial charge on any atom is 0.334 e. The largest absolute Gasteiger partial charge is 0.491 e. The van der Waals surface area contributed by atoms with E-state index in [1.807, 2.05) is 51.1 Å². The highest BCUT2D eigenvalue weighted by atomic mass is 16.6. The normalized spacial score (nSPS) is 19.4. The lowest BCUT2D eigenvalue weighted by molar-refractivity contribution is -0.157. The summed E-state index contributed by atoms with van der Waals surface area (Å²) >= 11 is 0. The molecule has 6 heteroatoms. The summed E-state index contributed by atoms with van der Waals surface area (Å²) in [6.07, 6.45) is 1.71. The summed E-state index contributed by atoms with van der Waals surface area (Å²) in [6, 6.07) is 9.76. The molecule has 0 N–H and O–H groups in total. The van der Waals surface area contributed by atoms with Crippen LogP contribution in [0.1, 0.15) is 46.1 Å². The zero-order chi connectivity index (χ0) is 19.9. The van der Waals surface area contributed by atoms with Gasteiger partial charge in [0.2, 0.25) is 0 Å². The van der Waals surface area contributed by atoms with Gasteiger partial charge < -0.3 is 18.9 Å². The molecule has 1 aromatic carbocycles. The number of benzene rings is 1. The van der Waals surface area contributed by atoms with E-state index in [0.29, 0.717) is 25.2 Å². The van der Waals surface area contributed by atoms with Gasteiger partial charge in [-0.2, -0.15) is 0 Å². The van der Waals surface area contributed by atoms with Gasteiger partial charge in [0.1, 0.15) is 17.5 Å². The van der Waals surface area contributed by atoms with Gasteiger partial charge in [-0.15, -0.1) is 0 Å². The van der Waals surface area contributed by atoms with Gasteiger partial charge in [-0.1, -0.05) is 30.3 Å². The summed E-state index contributed by atoms with van der Waals surface area (Å²) in [5.41, 5.74) is 0.481. The summed E-state index contributed by atoms with van der Waals surface area (Å²) < 4.78 is 22.2. The van der Waals surface area contributed by atoms with Crippen molar-refractivity contribution in [3.63, 3.8) is 0 Å². The summed E-state index contributed by atoms with van der Waals surface area (Å²) in [6.45, 7) is 7.43. The third-order valence-electron chi connectivity index (χ3n) is 3.79. The topological polar surface area (TPSA) is 71.1 Å². The van der Waals surface area contributed by atoms with Crippen LogP contribution in [0.5, 0.6) is 0 Å². The zero-order valence-electron chi connectivity index (χ0n) is 16.4. The summed E-state index contributed by atoms with van der Waals surface area (Å²) in [5, 5.41) is 0. The number of esters is 2. The predicted octanol–water partition coefficient (Wildman–Crippen LogP) is 3.54. The van der Waals surface area contributed by atoms with Crippen molar-refractivity contribution < 1.29 is 28.5 Å². The van der Waals surface area contributed by atoms with Crippen LogP contribution in [0.2, 0.25) is 0 Å². The molecule has 0 radical (unpaired) electrons. The second kappa shape index (κ2) is 9.55. The maximum atomic E-state index is 11.9. The van der Waals surface area contributed by atoms with Crippen LogP contribution in [0, 0.1) is 0 Å². The van der Waals surface area contributed by atoms with E-state index >= 15 is 0 Å². The minimum atomic E-state index is -0.558. The molecule has 1 heterocycles. The number of ether oxygens (including phenoxy) is 4. The van der Waals surface area contributed by atoms with Gasteiger partial charge in [0.15, 0.2) is 6.10 Å². The number of hydrogen-bond acceptors (Lipinski definition) is 6. The van der Waals surface area contributed by atoms with E-state index in [4.69, 9.17) is 18.9 Å². The molecule has 0 bridgehead atoms. The molecule has 2 rings (SSSR count). The molecule has 27 heavy (non-hydrogen) atoms. The predicted molar refractivity (Wildman–Crippen MR) is 99.7 cm³/mol. The fourth-order valence-corrected chi connectivity index (χ4v) is 2.73. The van der Waals surface area contributed by atoms with E-state index in [2.05, 4.69) is 0 Å². The highest BCUT2D eigenvalue weighted by molar-refractivity contribution is 5.82. The van der Waals surface area contributed by atoms with Crippen LogP contribution in [0.25, 0.3) is 0 Å². The summed E-state index contributed by atoms with van der Waals surface area (Å²) in [4.78, 5) is 23.3. The van der Waals surface area contributed by atoms with Crippen molar-refractivity contribution in [2.45, 2.75) is 65.0 Å².